The Hall–Kier alpha value is -1.40. The lowest BCUT2D eigenvalue weighted by molar-refractivity contribution is -0.143. The lowest BCUT2D eigenvalue weighted by Gasteiger charge is -2.20. The number of rotatable bonds is 49. The van der Waals surface area contributed by atoms with E-state index in [-0.39, 0.29) is 18.5 Å². The molecule has 0 aromatic heterocycles. The lowest BCUT2D eigenvalue weighted by Crippen LogP contribution is -2.45. The van der Waals surface area contributed by atoms with Gasteiger partial charge in [-0.1, -0.05) is 257 Å². The third-order valence-corrected chi connectivity index (χ3v) is 12.3. The average Bonchev–Trinajstić information content (AvgIpc) is 3.24. The van der Waals surface area contributed by atoms with Crippen LogP contribution in [0.15, 0.2) is 12.2 Å². The summed E-state index contributed by atoms with van der Waals surface area (Å²) >= 11 is 0. The van der Waals surface area contributed by atoms with E-state index in [1.54, 1.807) is 6.08 Å². The van der Waals surface area contributed by atoms with Crippen molar-refractivity contribution < 1.29 is 24.5 Å². The summed E-state index contributed by atoms with van der Waals surface area (Å²) < 4.78 is 5.47. The third-order valence-electron chi connectivity index (χ3n) is 12.3. The maximum Gasteiger partial charge on any atom is 0.305 e. The molecule has 350 valence electrons. The van der Waals surface area contributed by atoms with E-state index in [1.807, 2.05) is 6.08 Å². The summed E-state index contributed by atoms with van der Waals surface area (Å²) in [6.45, 7) is 4.85. The minimum absolute atomic E-state index is 0.0224. The van der Waals surface area contributed by atoms with Gasteiger partial charge in [0.1, 0.15) is 0 Å². The molecule has 2 atom stereocenters. The summed E-state index contributed by atoms with van der Waals surface area (Å²) in [6.07, 6.45) is 56.4. The van der Waals surface area contributed by atoms with Crippen LogP contribution >= 0.6 is 0 Å². The van der Waals surface area contributed by atoms with Crippen LogP contribution in [0.1, 0.15) is 290 Å². The summed E-state index contributed by atoms with van der Waals surface area (Å²) in [4.78, 5) is 24.5. The molecule has 59 heavy (non-hydrogen) atoms. The maximum absolute atomic E-state index is 12.4. The molecule has 0 aliphatic heterocycles. The quantitative estimate of drug-likeness (QED) is 0.0322. The Labute approximate surface area is 368 Å². The second-order valence-electron chi connectivity index (χ2n) is 18.2. The van der Waals surface area contributed by atoms with Gasteiger partial charge in [0.05, 0.1) is 25.4 Å². The molecule has 0 aliphatic carbocycles. The number of aliphatic hydroxyl groups is 2. The Morgan fingerprint density at radius 1 is 0.458 bits per heavy atom. The Balaban J connectivity index is 3.47. The van der Waals surface area contributed by atoms with Crippen LogP contribution in [0.2, 0.25) is 0 Å². The van der Waals surface area contributed by atoms with Crippen molar-refractivity contribution in [2.75, 3.05) is 13.2 Å². The largest absolute Gasteiger partial charge is 0.466 e. The highest BCUT2D eigenvalue weighted by Crippen LogP contribution is 2.17. The first-order valence-corrected chi connectivity index (χ1v) is 26.5. The van der Waals surface area contributed by atoms with Crippen LogP contribution in [0.4, 0.5) is 0 Å². The van der Waals surface area contributed by atoms with E-state index in [9.17, 15) is 19.8 Å². The van der Waals surface area contributed by atoms with Gasteiger partial charge in [0.2, 0.25) is 5.91 Å². The van der Waals surface area contributed by atoms with Crippen LogP contribution in [0, 0.1) is 0 Å². The van der Waals surface area contributed by atoms with Crippen molar-refractivity contribution in [2.45, 2.75) is 302 Å². The van der Waals surface area contributed by atoms with Gasteiger partial charge in [-0.2, -0.15) is 0 Å². The molecule has 0 bridgehead atoms. The van der Waals surface area contributed by atoms with Crippen LogP contribution in [0.25, 0.3) is 0 Å². The van der Waals surface area contributed by atoms with Crippen LogP contribution in [0.3, 0.4) is 0 Å². The highest BCUT2D eigenvalue weighted by Gasteiger charge is 2.18. The molecule has 0 rings (SSSR count). The van der Waals surface area contributed by atoms with Gasteiger partial charge in [0.25, 0.3) is 0 Å². The molecule has 0 fully saturated rings. The normalized spacial score (nSPS) is 12.7. The zero-order valence-electron chi connectivity index (χ0n) is 39.7. The molecular formula is C53H103NO5. The molecule has 0 radical (unpaired) electrons. The van der Waals surface area contributed by atoms with E-state index in [1.165, 1.54) is 205 Å². The van der Waals surface area contributed by atoms with E-state index in [2.05, 4.69) is 19.2 Å². The molecule has 6 nitrogen and oxygen atoms in total. The monoisotopic (exact) mass is 834 g/mol. The van der Waals surface area contributed by atoms with Gasteiger partial charge < -0.3 is 20.3 Å². The number of allylic oxidation sites excluding steroid dienone is 1. The maximum atomic E-state index is 12.4. The number of carbonyl (C=O) groups is 2. The van der Waals surface area contributed by atoms with E-state index in [4.69, 9.17) is 4.74 Å². The van der Waals surface area contributed by atoms with E-state index in [0.29, 0.717) is 19.4 Å². The third kappa shape index (κ3) is 45.9. The second-order valence-corrected chi connectivity index (χ2v) is 18.2. The van der Waals surface area contributed by atoms with Gasteiger partial charge in [-0.15, -0.1) is 0 Å². The number of unbranched alkanes of at least 4 members (excludes halogenated alkanes) is 38. The first kappa shape index (κ1) is 57.6. The molecule has 3 N–H and O–H groups in total. The fourth-order valence-electron chi connectivity index (χ4n) is 8.22. The van der Waals surface area contributed by atoms with Crippen molar-refractivity contribution in [1.29, 1.82) is 0 Å². The molecule has 1 amide bonds. The summed E-state index contributed by atoms with van der Waals surface area (Å²) in [5.41, 5.74) is 0. The number of nitrogens with one attached hydrogen (secondary N) is 1. The number of amides is 1. The van der Waals surface area contributed by atoms with Gasteiger partial charge in [0, 0.05) is 12.8 Å². The number of carbonyl (C=O) groups excluding carboxylic acids is 2. The first-order valence-electron chi connectivity index (χ1n) is 26.5. The second kappa shape index (κ2) is 49.3. The topological polar surface area (TPSA) is 95.9 Å². The smallest absolute Gasteiger partial charge is 0.305 e. The molecule has 0 saturated carbocycles. The van der Waals surface area contributed by atoms with Crippen molar-refractivity contribution in [3.8, 4) is 0 Å². The standard InChI is InChI=1S/C53H103NO5/c1-3-5-7-9-11-13-15-17-19-20-21-22-23-25-27-31-35-39-43-47-53(58)59-48-44-40-36-32-28-30-34-38-42-46-52(57)54-50(49-55)51(56)45-41-37-33-29-26-24-18-16-14-12-10-8-6-4-2/h41,45,50-51,55-56H,3-40,42-44,46-49H2,1-2H3,(H,54,57)/b45-41+. The van der Waals surface area contributed by atoms with Gasteiger partial charge >= 0.3 is 5.97 Å². The summed E-state index contributed by atoms with van der Waals surface area (Å²) in [6, 6.07) is -0.646. The number of aliphatic hydroxyl groups excluding tert-OH is 2. The molecule has 0 aliphatic rings. The average molecular weight is 834 g/mol. The highest BCUT2D eigenvalue weighted by molar-refractivity contribution is 5.76. The summed E-state index contributed by atoms with van der Waals surface area (Å²) in [5.74, 6) is -0.116. The van der Waals surface area contributed by atoms with Crippen molar-refractivity contribution in [3.63, 3.8) is 0 Å². The number of hydrogen-bond donors (Lipinski definition) is 3. The molecule has 0 aromatic carbocycles. The SMILES string of the molecule is CCCCCCCCCCCCCC/C=C/C(O)C(CO)NC(=O)CCCCCCCCCCCOC(=O)CCCCCCCCCCCCCCCCCCCCC. The fraction of sp³-hybridized carbons (Fsp3) is 0.925. The van der Waals surface area contributed by atoms with Crippen LogP contribution < -0.4 is 5.32 Å². The number of esters is 1. The Morgan fingerprint density at radius 2 is 0.780 bits per heavy atom. The van der Waals surface area contributed by atoms with Crippen molar-refractivity contribution in [2.24, 2.45) is 0 Å². The Morgan fingerprint density at radius 3 is 1.15 bits per heavy atom. The van der Waals surface area contributed by atoms with Gasteiger partial charge in [-0.3, -0.25) is 9.59 Å². The predicted octanol–water partition coefficient (Wildman–Crippen LogP) is 15.7. The molecular weight excluding hydrogens is 731 g/mol. The first-order chi connectivity index (χ1) is 29.0. The molecule has 6 heteroatoms. The Kier molecular flexibility index (Phi) is 48.1. The van der Waals surface area contributed by atoms with Crippen LogP contribution in [-0.2, 0) is 14.3 Å². The van der Waals surface area contributed by atoms with Gasteiger partial charge in [-0.05, 0) is 32.1 Å². The van der Waals surface area contributed by atoms with Gasteiger partial charge in [-0.25, -0.2) is 0 Å². The van der Waals surface area contributed by atoms with Crippen molar-refractivity contribution in [1.82, 2.24) is 5.32 Å². The Bertz CT molecular complexity index is 878. The van der Waals surface area contributed by atoms with E-state index in [0.717, 1.165) is 57.8 Å². The van der Waals surface area contributed by atoms with Crippen LogP contribution in [-0.4, -0.2) is 47.4 Å². The summed E-state index contributed by atoms with van der Waals surface area (Å²) in [5, 5.41) is 23.0. The zero-order chi connectivity index (χ0) is 43.0. The fourth-order valence-corrected chi connectivity index (χ4v) is 8.22. The highest BCUT2D eigenvalue weighted by atomic mass is 16.5. The van der Waals surface area contributed by atoms with Gasteiger partial charge in [0.15, 0.2) is 0 Å². The van der Waals surface area contributed by atoms with Crippen LogP contribution in [0.5, 0.6) is 0 Å². The molecule has 0 heterocycles. The predicted molar refractivity (Wildman–Crippen MR) is 255 cm³/mol. The van der Waals surface area contributed by atoms with Crippen molar-refractivity contribution >= 4 is 11.9 Å². The molecule has 0 aromatic rings. The lowest BCUT2D eigenvalue weighted by atomic mass is 10.0. The van der Waals surface area contributed by atoms with E-state index < -0.39 is 12.1 Å². The number of ether oxygens (including phenoxy) is 1. The molecule has 2 unspecified atom stereocenters. The molecule has 0 saturated heterocycles. The minimum Gasteiger partial charge on any atom is -0.466 e. The summed E-state index contributed by atoms with van der Waals surface area (Å²) in [7, 11) is 0. The minimum atomic E-state index is -0.860. The number of hydrogen-bond acceptors (Lipinski definition) is 5. The zero-order valence-corrected chi connectivity index (χ0v) is 39.7. The van der Waals surface area contributed by atoms with E-state index >= 15 is 0 Å². The van der Waals surface area contributed by atoms with Crippen molar-refractivity contribution in [3.05, 3.63) is 12.2 Å². The molecule has 0 spiro atoms.